The maximum absolute atomic E-state index is 13.7. The van der Waals surface area contributed by atoms with Crippen molar-refractivity contribution in [2.45, 2.75) is 19.1 Å². The summed E-state index contributed by atoms with van der Waals surface area (Å²) in [5, 5.41) is 12.7. The number of ether oxygens (including phenoxy) is 1. The summed E-state index contributed by atoms with van der Waals surface area (Å²) in [4.78, 5) is 28.3. The van der Waals surface area contributed by atoms with E-state index in [1.165, 1.54) is 0 Å². The molecule has 1 aliphatic heterocycles. The second-order valence-corrected chi connectivity index (χ2v) is 11.9. The van der Waals surface area contributed by atoms with E-state index in [0.29, 0.717) is 29.1 Å². The van der Waals surface area contributed by atoms with E-state index in [0.717, 1.165) is 28.1 Å². The van der Waals surface area contributed by atoms with Crippen molar-refractivity contribution in [3.05, 3.63) is 81.5 Å². The zero-order chi connectivity index (χ0) is 27.5. The van der Waals surface area contributed by atoms with Crippen molar-refractivity contribution < 1.29 is 14.3 Å². The topological polar surface area (TPSA) is 76.5 Å². The lowest BCUT2D eigenvalue weighted by atomic mass is 10.0. The number of thioether (sulfide) groups is 1. The third-order valence-electron chi connectivity index (χ3n) is 6.38. The standard InChI is InChI=1S/C29H29ClN4O3S2/c1-18(2)14-31-24(35)15-33-25(36)17-39-28(20-12-13-38-16-20)26-27(19-4-6-21(30)7-5-19)32-34(29(26)33)22-8-10-23(37-3)11-9-22/h4-13,16,18,28H,14-15,17H2,1-3H3,(H,31,35)/t28-/m1/s1. The first-order valence-corrected chi connectivity index (χ1v) is 15.0. The minimum absolute atomic E-state index is 0.0998. The smallest absolute Gasteiger partial charge is 0.240 e. The Morgan fingerprint density at radius 1 is 1.15 bits per heavy atom. The molecule has 0 fully saturated rings. The molecule has 2 aromatic heterocycles. The third-order valence-corrected chi connectivity index (χ3v) is 8.59. The fraction of sp³-hybridized carbons (Fsp3) is 0.276. The molecular formula is C29H29ClN4O3S2. The number of nitrogens with one attached hydrogen (secondary N) is 1. The third kappa shape index (κ3) is 5.85. The van der Waals surface area contributed by atoms with E-state index < -0.39 is 0 Å². The number of hydrogen-bond acceptors (Lipinski definition) is 6. The molecule has 0 unspecified atom stereocenters. The van der Waals surface area contributed by atoms with Crippen LogP contribution < -0.4 is 15.0 Å². The SMILES string of the molecule is COc1ccc(-n2nc(-c3ccc(Cl)cc3)c3c2N(CC(=O)NCC(C)C)C(=O)CS[C@@H]3c2ccsc2)cc1. The number of nitrogens with zero attached hydrogens (tertiary/aromatic N) is 3. The molecule has 0 spiro atoms. The van der Waals surface area contributed by atoms with Crippen LogP contribution in [0.2, 0.25) is 5.02 Å². The van der Waals surface area contributed by atoms with Crippen molar-refractivity contribution in [1.82, 2.24) is 15.1 Å². The maximum atomic E-state index is 13.7. The Hall–Kier alpha value is -3.27. The monoisotopic (exact) mass is 580 g/mol. The quantitative estimate of drug-likeness (QED) is 0.268. The molecule has 0 saturated heterocycles. The molecule has 4 aromatic rings. The molecule has 5 rings (SSSR count). The molecular weight excluding hydrogens is 552 g/mol. The molecule has 0 aliphatic carbocycles. The molecule has 1 N–H and O–H groups in total. The number of hydrogen-bond donors (Lipinski definition) is 1. The van der Waals surface area contributed by atoms with Gasteiger partial charge in [-0.15, -0.1) is 11.8 Å². The Morgan fingerprint density at radius 3 is 2.54 bits per heavy atom. The van der Waals surface area contributed by atoms with E-state index >= 15 is 0 Å². The van der Waals surface area contributed by atoms with Gasteiger partial charge in [-0.25, -0.2) is 4.68 Å². The number of halogens is 1. The van der Waals surface area contributed by atoms with Gasteiger partial charge in [0, 0.05) is 22.7 Å². The fourth-order valence-corrected chi connectivity index (χ4v) is 6.53. The van der Waals surface area contributed by atoms with Gasteiger partial charge in [-0.3, -0.25) is 14.5 Å². The normalized spacial score (nSPS) is 15.3. The Kier molecular flexibility index (Phi) is 8.30. The Bertz CT molecular complexity index is 1450. The van der Waals surface area contributed by atoms with Crippen molar-refractivity contribution in [3.63, 3.8) is 0 Å². The van der Waals surface area contributed by atoms with Gasteiger partial charge in [-0.05, 0) is 64.7 Å². The number of carbonyl (C=O) groups excluding carboxylic acids is 2. The number of aromatic nitrogens is 2. The summed E-state index contributed by atoms with van der Waals surface area (Å²) >= 11 is 9.39. The molecule has 0 radical (unpaired) electrons. The predicted octanol–water partition coefficient (Wildman–Crippen LogP) is 6.20. The molecule has 202 valence electrons. The molecule has 3 heterocycles. The van der Waals surface area contributed by atoms with E-state index in [9.17, 15) is 9.59 Å². The Labute approximate surface area is 241 Å². The fourth-order valence-electron chi connectivity index (χ4n) is 4.45. The van der Waals surface area contributed by atoms with Crippen LogP contribution in [0.3, 0.4) is 0 Å². The highest BCUT2D eigenvalue weighted by molar-refractivity contribution is 8.00. The van der Waals surface area contributed by atoms with Crippen LogP contribution in [-0.2, 0) is 9.59 Å². The lowest BCUT2D eigenvalue weighted by Crippen LogP contribution is -2.43. The molecule has 1 atom stereocenters. The zero-order valence-electron chi connectivity index (χ0n) is 21.9. The van der Waals surface area contributed by atoms with Gasteiger partial charge in [0.1, 0.15) is 18.1 Å². The van der Waals surface area contributed by atoms with Crippen molar-refractivity contribution in [3.8, 4) is 22.7 Å². The largest absolute Gasteiger partial charge is 0.497 e. The van der Waals surface area contributed by atoms with Gasteiger partial charge < -0.3 is 10.1 Å². The summed E-state index contributed by atoms with van der Waals surface area (Å²) < 4.78 is 7.14. The van der Waals surface area contributed by atoms with Crippen molar-refractivity contribution in [1.29, 1.82) is 0 Å². The minimum Gasteiger partial charge on any atom is -0.497 e. The summed E-state index contributed by atoms with van der Waals surface area (Å²) in [6.07, 6.45) is 0. The van der Waals surface area contributed by atoms with Gasteiger partial charge in [0.05, 0.1) is 29.5 Å². The number of rotatable bonds is 8. The summed E-state index contributed by atoms with van der Waals surface area (Å²) in [5.74, 6) is 1.48. The van der Waals surface area contributed by atoms with Crippen LogP contribution in [0.15, 0.2) is 65.4 Å². The van der Waals surface area contributed by atoms with E-state index in [1.807, 2.05) is 67.8 Å². The van der Waals surface area contributed by atoms with E-state index in [1.54, 1.807) is 39.8 Å². The van der Waals surface area contributed by atoms with E-state index in [2.05, 4.69) is 16.8 Å². The zero-order valence-corrected chi connectivity index (χ0v) is 24.3. The lowest BCUT2D eigenvalue weighted by molar-refractivity contribution is -0.123. The number of anilines is 1. The molecule has 2 aromatic carbocycles. The first kappa shape index (κ1) is 27.3. The minimum atomic E-state index is -0.211. The average Bonchev–Trinajstić information content (AvgIpc) is 3.58. The van der Waals surface area contributed by atoms with Gasteiger partial charge in [-0.1, -0.05) is 37.6 Å². The summed E-state index contributed by atoms with van der Waals surface area (Å²) in [5.41, 5.74) is 4.35. The molecule has 10 heteroatoms. The number of carbonyl (C=O) groups is 2. The van der Waals surface area contributed by atoms with Crippen LogP contribution >= 0.6 is 34.7 Å². The van der Waals surface area contributed by atoms with Gasteiger partial charge in [0.15, 0.2) is 0 Å². The predicted molar refractivity (Wildman–Crippen MR) is 159 cm³/mol. The van der Waals surface area contributed by atoms with Gasteiger partial charge in [-0.2, -0.15) is 16.4 Å². The van der Waals surface area contributed by atoms with Crippen LogP contribution in [0, 0.1) is 5.92 Å². The molecule has 2 amide bonds. The van der Waals surface area contributed by atoms with E-state index in [4.69, 9.17) is 21.4 Å². The van der Waals surface area contributed by atoms with Crippen molar-refractivity contribution in [2.75, 3.05) is 30.9 Å². The van der Waals surface area contributed by atoms with E-state index in [-0.39, 0.29) is 29.4 Å². The highest BCUT2D eigenvalue weighted by Gasteiger charge is 2.37. The molecule has 7 nitrogen and oxygen atoms in total. The highest BCUT2D eigenvalue weighted by atomic mass is 35.5. The molecule has 1 aliphatic rings. The number of fused-ring (bicyclic) bond motifs is 1. The number of methoxy groups -OCH3 is 1. The maximum Gasteiger partial charge on any atom is 0.240 e. The number of thiophene rings is 1. The van der Waals surface area contributed by atoms with Crippen LogP contribution in [0.4, 0.5) is 5.82 Å². The van der Waals surface area contributed by atoms with Crippen LogP contribution in [0.5, 0.6) is 5.75 Å². The molecule has 0 saturated carbocycles. The number of benzene rings is 2. The van der Waals surface area contributed by atoms with Gasteiger partial charge >= 0.3 is 0 Å². The highest BCUT2D eigenvalue weighted by Crippen LogP contribution is 2.49. The Morgan fingerprint density at radius 2 is 1.90 bits per heavy atom. The Balaban J connectivity index is 1.74. The summed E-state index contributed by atoms with van der Waals surface area (Å²) in [7, 11) is 1.62. The average molecular weight is 581 g/mol. The second-order valence-electron chi connectivity index (χ2n) is 9.63. The second kappa shape index (κ2) is 11.9. The van der Waals surface area contributed by atoms with Crippen LogP contribution in [-0.4, -0.2) is 47.5 Å². The number of amides is 2. The first-order chi connectivity index (χ1) is 18.9. The van der Waals surface area contributed by atoms with Gasteiger partial charge in [0.2, 0.25) is 11.8 Å². The van der Waals surface area contributed by atoms with Gasteiger partial charge in [0.25, 0.3) is 0 Å². The van der Waals surface area contributed by atoms with Crippen LogP contribution in [0.25, 0.3) is 16.9 Å². The first-order valence-electron chi connectivity index (χ1n) is 12.6. The van der Waals surface area contributed by atoms with Crippen molar-refractivity contribution >= 4 is 52.3 Å². The lowest BCUT2D eigenvalue weighted by Gasteiger charge is -2.23. The summed E-state index contributed by atoms with van der Waals surface area (Å²) in [6, 6.07) is 17.1. The molecule has 39 heavy (non-hydrogen) atoms. The summed E-state index contributed by atoms with van der Waals surface area (Å²) in [6.45, 7) is 4.51. The van der Waals surface area contributed by atoms with Crippen LogP contribution in [0.1, 0.15) is 30.2 Å². The molecule has 0 bridgehead atoms. The van der Waals surface area contributed by atoms with Crippen molar-refractivity contribution in [2.24, 2.45) is 5.92 Å².